The number of rotatable bonds is 6. The van der Waals surface area contributed by atoms with Crippen LogP contribution in [0.2, 0.25) is 0 Å². The molecule has 0 aromatic heterocycles. The first-order valence-electron chi connectivity index (χ1n) is 5.72. The van der Waals surface area contributed by atoms with Gasteiger partial charge < -0.3 is 5.73 Å². The fourth-order valence-corrected chi connectivity index (χ4v) is 3.19. The van der Waals surface area contributed by atoms with Gasteiger partial charge in [0.1, 0.15) is 5.84 Å². The van der Waals surface area contributed by atoms with Crippen molar-refractivity contribution in [3.8, 4) is 0 Å². The molecule has 0 aliphatic rings. The lowest BCUT2D eigenvalue weighted by atomic mass is 10.2. The molecule has 0 aliphatic heterocycles. The van der Waals surface area contributed by atoms with E-state index in [0.717, 1.165) is 0 Å². The van der Waals surface area contributed by atoms with Gasteiger partial charge in [-0.05, 0) is 18.1 Å². The maximum absolute atomic E-state index is 12.4. The predicted octanol–water partition coefficient (Wildman–Crippen LogP) is 1.27. The largest absolute Gasteiger partial charge is 0.387 e. The second kappa shape index (κ2) is 5.97. The van der Waals surface area contributed by atoms with Gasteiger partial charge in [-0.2, -0.15) is 4.31 Å². The summed E-state index contributed by atoms with van der Waals surface area (Å²) in [6.45, 7) is 4.12. The third kappa shape index (κ3) is 3.82. The van der Waals surface area contributed by atoms with E-state index in [1.165, 1.54) is 4.31 Å². The van der Waals surface area contributed by atoms with Crippen LogP contribution in [0.1, 0.15) is 13.8 Å². The Kier molecular flexibility index (Phi) is 4.86. The third-order valence-electron chi connectivity index (χ3n) is 2.30. The van der Waals surface area contributed by atoms with E-state index >= 15 is 0 Å². The molecule has 6 heteroatoms. The van der Waals surface area contributed by atoms with Crippen molar-refractivity contribution in [3.05, 3.63) is 30.3 Å². The molecule has 0 heterocycles. The van der Waals surface area contributed by atoms with Gasteiger partial charge in [-0.25, -0.2) is 8.42 Å². The molecular weight excluding hydrogens is 250 g/mol. The van der Waals surface area contributed by atoms with E-state index in [1.54, 1.807) is 30.3 Å². The molecule has 1 aromatic carbocycles. The smallest absolute Gasteiger partial charge is 0.243 e. The van der Waals surface area contributed by atoms with Crippen molar-refractivity contribution in [1.29, 1.82) is 5.41 Å². The summed E-state index contributed by atoms with van der Waals surface area (Å²) in [5, 5.41) is 7.28. The van der Waals surface area contributed by atoms with Crippen molar-refractivity contribution in [3.63, 3.8) is 0 Å². The van der Waals surface area contributed by atoms with Crippen molar-refractivity contribution in [2.75, 3.05) is 13.1 Å². The molecule has 1 aromatic rings. The van der Waals surface area contributed by atoms with Gasteiger partial charge in [0.05, 0.1) is 11.4 Å². The van der Waals surface area contributed by atoms with E-state index in [-0.39, 0.29) is 23.2 Å². The van der Waals surface area contributed by atoms with Crippen LogP contribution < -0.4 is 5.73 Å². The zero-order valence-electron chi connectivity index (χ0n) is 10.6. The van der Waals surface area contributed by atoms with E-state index in [4.69, 9.17) is 11.1 Å². The van der Waals surface area contributed by atoms with E-state index in [9.17, 15) is 8.42 Å². The summed E-state index contributed by atoms with van der Waals surface area (Å²) >= 11 is 0. The summed E-state index contributed by atoms with van der Waals surface area (Å²) in [5.74, 6) is 0.0120. The highest BCUT2D eigenvalue weighted by atomic mass is 32.2. The molecule has 0 spiro atoms. The second-order valence-corrected chi connectivity index (χ2v) is 6.47. The number of hydrogen-bond donors (Lipinski definition) is 2. The van der Waals surface area contributed by atoms with Crippen LogP contribution in [0.3, 0.4) is 0 Å². The molecule has 0 saturated carbocycles. The fraction of sp³-hybridized carbons (Fsp3) is 0.417. The quantitative estimate of drug-likeness (QED) is 0.602. The lowest BCUT2D eigenvalue weighted by molar-refractivity contribution is 0.398. The first-order chi connectivity index (χ1) is 8.34. The number of nitrogens with zero attached hydrogens (tertiary/aromatic N) is 1. The van der Waals surface area contributed by atoms with Gasteiger partial charge in [-0.15, -0.1) is 0 Å². The first kappa shape index (κ1) is 14.7. The van der Waals surface area contributed by atoms with E-state index in [2.05, 4.69) is 0 Å². The van der Waals surface area contributed by atoms with E-state index in [1.807, 2.05) is 13.8 Å². The zero-order valence-corrected chi connectivity index (χ0v) is 11.4. The molecular formula is C12H19N3O2S. The highest BCUT2D eigenvalue weighted by Gasteiger charge is 2.25. The number of hydrogen-bond acceptors (Lipinski definition) is 3. The normalized spacial score (nSPS) is 12.0. The Morgan fingerprint density at radius 2 is 1.89 bits per heavy atom. The minimum atomic E-state index is -3.58. The summed E-state index contributed by atoms with van der Waals surface area (Å²) in [7, 11) is -3.58. The van der Waals surface area contributed by atoms with Crippen LogP contribution >= 0.6 is 0 Å². The van der Waals surface area contributed by atoms with Crippen LogP contribution in [0.25, 0.3) is 0 Å². The van der Waals surface area contributed by atoms with Crippen LogP contribution in [0.15, 0.2) is 35.2 Å². The van der Waals surface area contributed by atoms with Crippen LogP contribution in [0.5, 0.6) is 0 Å². The van der Waals surface area contributed by atoms with Crippen molar-refractivity contribution in [2.24, 2.45) is 11.7 Å². The molecule has 0 saturated heterocycles. The van der Waals surface area contributed by atoms with Crippen molar-refractivity contribution in [1.82, 2.24) is 4.31 Å². The summed E-state index contributed by atoms with van der Waals surface area (Å²) in [6, 6.07) is 8.20. The average Bonchev–Trinajstić information content (AvgIpc) is 2.28. The highest BCUT2D eigenvalue weighted by Crippen LogP contribution is 2.16. The lowest BCUT2D eigenvalue weighted by Gasteiger charge is -2.23. The number of sulfonamides is 1. The number of benzene rings is 1. The summed E-state index contributed by atoms with van der Waals surface area (Å²) in [4.78, 5) is 0.229. The number of amidine groups is 1. The maximum atomic E-state index is 12.4. The topological polar surface area (TPSA) is 87.2 Å². The Morgan fingerprint density at radius 3 is 2.33 bits per heavy atom. The zero-order chi connectivity index (χ0) is 13.8. The summed E-state index contributed by atoms with van der Waals surface area (Å²) in [5.41, 5.74) is 5.32. The minimum Gasteiger partial charge on any atom is -0.387 e. The lowest BCUT2D eigenvalue weighted by Crippen LogP contribution is -2.40. The van der Waals surface area contributed by atoms with Gasteiger partial charge in [0.25, 0.3) is 0 Å². The van der Waals surface area contributed by atoms with Crippen LogP contribution in [-0.2, 0) is 10.0 Å². The molecule has 0 bridgehead atoms. The van der Waals surface area contributed by atoms with Gasteiger partial charge in [0.2, 0.25) is 10.0 Å². The standard InChI is InChI=1S/C12H19N3O2S/c1-10(2)8-15(9-12(13)14)18(16,17)11-6-4-3-5-7-11/h3-7,10H,8-9H2,1-2H3,(H3,13,14). The van der Waals surface area contributed by atoms with Crippen molar-refractivity contribution in [2.45, 2.75) is 18.7 Å². The monoisotopic (exact) mass is 269 g/mol. The highest BCUT2D eigenvalue weighted by molar-refractivity contribution is 7.89. The molecule has 0 radical (unpaired) electrons. The molecule has 5 nitrogen and oxygen atoms in total. The first-order valence-corrected chi connectivity index (χ1v) is 7.16. The fourth-order valence-electron chi connectivity index (χ4n) is 1.59. The molecule has 0 aliphatic carbocycles. The minimum absolute atomic E-state index is 0.0740. The van der Waals surface area contributed by atoms with Gasteiger partial charge >= 0.3 is 0 Å². The summed E-state index contributed by atoms with van der Waals surface area (Å²) < 4.78 is 26.0. The third-order valence-corrected chi connectivity index (χ3v) is 4.12. The van der Waals surface area contributed by atoms with Crippen molar-refractivity contribution >= 4 is 15.9 Å². The van der Waals surface area contributed by atoms with Gasteiger partial charge in [-0.3, -0.25) is 5.41 Å². The number of nitrogens with two attached hydrogens (primary N) is 1. The molecule has 0 unspecified atom stereocenters. The molecule has 100 valence electrons. The summed E-state index contributed by atoms with van der Waals surface area (Å²) in [6.07, 6.45) is 0. The van der Waals surface area contributed by atoms with Crippen LogP contribution in [0.4, 0.5) is 0 Å². The Hall–Kier alpha value is -1.40. The van der Waals surface area contributed by atoms with Crippen molar-refractivity contribution < 1.29 is 8.42 Å². The van der Waals surface area contributed by atoms with Gasteiger partial charge in [0, 0.05) is 6.54 Å². The van der Waals surface area contributed by atoms with E-state index < -0.39 is 10.0 Å². The van der Waals surface area contributed by atoms with Gasteiger partial charge in [-0.1, -0.05) is 32.0 Å². The molecule has 0 amide bonds. The van der Waals surface area contributed by atoms with E-state index in [0.29, 0.717) is 6.54 Å². The molecule has 18 heavy (non-hydrogen) atoms. The second-order valence-electron chi connectivity index (χ2n) is 4.53. The number of nitrogens with one attached hydrogen (secondary N) is 1. The molecule has 3 N–H and O–H groups in total. The Morgan fingerprint density at radius 1 is 1.33 bits per heavy atom. The average molecular weight is 269 g/mol. The predicted molar refractivity (Wildman–Crippen MR) is 72.0 cm³/mol. The van der Waals surface area contributed by atoms with Crippen LogP contribution in [-0.4, -0.2) is 31.6 Å². The van der Waals surface area contributed by atoms with Crippen LogP contribution in [0, 0.1) is 11.3 Å². The maximum Gasteiger partial charge on any atom is 0.243 e. The molecule has 0 atom stereocenters. The van der Waals surface area contributed by atoms with Gasteiger partial charge in [0.15, 0.2) is 0 Å². The molecule has 0 fully saturated rings. The SMILES string of the molecule is CC(C)CN(CC(=N)N)S(=O)(=O)c1ccccc1. The Balaban J connectivity index is 3.07. The Labute approximate surface area is 108 Å². The Bertz CT molecular complexity index is 497. The molecule has 1 rings (SSSR count).